The quantitative estimate of drug-likeness (QED) is 0.728. The van der Waals surface area contributed by atoms with E-state index in [1.165, 1.54) is 0 Å². The van der Waals surface area contributed by atoms with Gasteiger partial charge in [0.1, 0.15) is 5.60 Å². The molecule has 0 saturated heterocycles. The smallest absolute Gasteiger partial charge is 0.412 e. The van der Waals surface area contributed by atoms with Crippen LogP contribution in [0, 0.1) is 11.3 Å². The van der Waals surface area contributed by atoms with Gasteiger partial charge in [0.25, 0.3) is 5.91 Å². The summed E-state index contributed by atoms with van der Waals surface area (Å²) in [7, 11) is 0. The molecule has 1 heterocycles. The third kappa shape index (κ3) is 3.10. The molecule has 0 atom stereocenters. The Kier molecular flexibility index (Phi) is 3.81. The zero-order valence-corrected chi connectivity index (χ0v) is 13.7. The van der Waals surface area contributed by atoms with Crippen LogP contribution >= 0.6 is 0 Å². The van der Waals surface area contributed by atoms with Crippen molar-refractivity contribution in [1.29, 1.82) is 5.26 Å². The van der Waals surface area contributed by atoms with E-state index < -0.39 is 11.7 Å². The minimum atomic E-state index is -0.848. The van der Waals surface area contributed by atoms with Gasteiger partial charge in [0.2, 0.25) is 0 Å². The lowest BCUT2D eigenvalue weighted by molar-refractivity contribution is 0.0421. The fourth-order valence-electron chi connectivity index (χ4n) is 2.64. The first kappa shape index (κ1) is 16.3. The van der Waals surface area contributed by atoms with Crippen LogP contribution in [0.4, 0.5) is 21.9 Å². The predicted molar refractivity (Wildman–Crippen MR) is 93.1 cm³/mol. The highest BCUT2D eigenvalue weighted by atomic mass is 16.6. The summed E-state index contributed by atoms with van der Waals surface area (Å²) < 4.78 is 5.28. The molecule has 2 aromatic rings. The summed E-state index contributed by atoms with van der Waals surface area (Å²) in [6.45, 7) is 3.51. The molecule has 7 heteroatoms. The zero-order chi connectivity index (χ0) is 18.2. The zero-order valence-electron chi connectivity index (χ0n) is 13.7. The molecule has 0 spiro atoms. The molecule has 2 amide bonds. The highest BCUT2D eigenvalue weighted by molar-refractivity contribution is 6.06. The van der Waals surface area contributed by atoms with Gasteiger partial charge in [-0.05, 0) is 50.2 Å². The van der Waals surface area contributed by atoms with E-state index in [4.69, 9.17) is 15.7 Å². The topological polar surface area (TPSA) is 117 Å². The number of nitrogens with one attached hydrogen (secondary N) is 2. The van der Waals surface area contributed by atoms with Crippen LogP contribution in [0.2, 0.25) is 0 Å². The Morgan fingerprint density at radius 3 is 2.60 bits per heavy atom. The van der Waals surface area contributed by atoms with Gasteiger partial charge >= 0.3 is 6.09 Å². The number of benzene rings is 2. The van der Waals surface area contributed by atoms with Gasteiger partial charge < -0.3 is 15.8 Å². The Balaban J connectivity index is 1.91. The Labute approximate surface area is 144 Å². The molecule has 0 radical (unpaired) electrons. The van der Waals surface area contributed by atoms with Crippen molar-refractivity contribution >= 4 is 29.1 Å². The molecular formula is C18H16N4O3. The van der Waals surface area contributed by atoms with Crippen LogP contribution in [0.5, 0.6) is 0 Å². The van der Waals surface area contributed by atoms with E-state index in [0.29, 0.717) is 33.8 Å². The fraction of sp³-hybridized carbons (Fsp3) is 0.167. The number of rotatable bonds is 2. The molecule has 0 fully saturated rings. The molecule has 126 valence electrons. The van der Waals surface area contributed by atoms with Crippen LogP contribution in [0.1, 0.15) is 35.3 Å². The Morgan fingerprint density at radius 2 is 1.96 bits per heavy atom. The number of cyclic esters (lactones) is 1. The summed E-state index contributed by atoms with van der Waals surface area (Å²) in [4.78, 5) is 24.0. The van der Waals surface area contributed by atoms with Gasteiger partial charge in [-0.2, -0.15) is 5.26 Å². The molecule has 2 aromatic carbocycles. The average Bonchev–Trinajstić information content (AvgIpc) is 2.55. The van der Waals surface area contributed by atoms with Gasteiger partial charge in [-0.15, -0.1) is 0 Å². The van der Waals surface area contributed by atoms with Crippen molar-refractivity contribution < 1.29 is 14.3 Å². The largest absolute Gasteiger partial charge is 0.438 e. The number of ether oxygens (including phenoxy) is 1. The lowest BCUT2D eigenvalue weighted by Gasteiger charge is -2.33. The number of nitrogens with two attached hydrogens (primary N) is 1. The molecule has 1 aliphatic heterocycles. The molecule has 7 nitrogen and oxygen atoms in total. The minimum Gasteiger partial charge on any atom is -0.438 e. The number of anilines is 3. The number of hydrogen-bond acceptors (Lipinski definition) is 5. The summed E-state index contributed by atoms with van der Waals surface area (Å²) in [6.07, 6.45) is -0.550. The van der Waals surface area contributed by atoms with Crippen LogP contribution in [-0.2, 0) is 10.3 Å². The molecule has 0 bridgehead atoms. The molecule has 1 aliphatic rings. The van der Waals surface area contributed by atoms with Crippen LogP contribution in [0.15, 0.2) is 36.4 Å². The predicted octanol–water partition coefficient (Wildman–Crippen LogP) is 3.19. The van der Waals surface area contributed by atoms with Crippen molar-refractivity contribution in [2.45, 2.75) is 19.4 Å². The van der Waals surface area contributed by atoms with Crippen molar-refractivity contribution in [3.05, 3.63) is 53.1 Å². The first-order valence-corrected chi connectivity index (χ1v) is 7.55. The third-order valence-corrected chi connectivity index (χ3v) is 3.95. The van der Waals surface area contributed by atoms with Crippen LogP contribution in [-0.4, -0.2) is 12.0 Å². The summed E-state index contributed by atoms with van der Waals surface area (Å²) in [5, 5.41) is 14.2. The minimum absolute atomic E-state index is 0.318. The van der Waals surface area contributed by atoms with E-state index in [1.807, 2.05) is 6.07 Å². The van der Waals surface area contributed by atoms with Crippen molar-refractivity contribution in [2.75, 3.05) is 16.4 Å². The standard InChI is InChI=1S/C18H16N4O3/c1-18(2)12-7-15(13(20)8-14(12)22-17(24)25-18)21-16(23)11-5-3-10(9-19)4-6-11/h3-8H,20H2,1-2H3,(H,21,23)(H,22,24). The molecular weight excluding hydrogens is 320 g/mol. The average molecular weight is 336 g/mol. The second kappa shape index (κ2) is 5.83. The van der Waals surface area contributed by atoms with Crippen molar-refractivity contribution in [3.63, 3.8) is 0 Å². The number of nitriles is 1. The van der Waals surface area contributed by atoms with Gasteiger partial charge in [-0.1, -0.05) is 0 Å². The van der Waals surface area contributed by atoms with E-state index >= 15 is 0 Å². The number of carbonyl (C=O) groups excluding carboxylic acids is 2. The van der Waals surface area contributed by atoms with E-state index in [2.05, 4.69) is 10.6 Å². The molecule has 0 aliphatic carbocycles. The number of nitrogens with zero attached hydrogens (tertiary/aromatic N) is 1. The summed E-state index contributed by atoms with van der Waals surface area (Å²) in [5.41, 5.74) is 8.02. The van der Waals surface area contributed by atoms with Gasteiger partial charge in [0, 0.05) is 11.1 Å². The van der Waals surface area contributed by atoms with Gasteiger partial charge in [-0.3, -0.25) is 10.1 Å². The molecule has 0 aromatic heterocycles. The third-order valence-electron chi connectivity index (χ3n) is 3.95. The van der Waals surface area contributed by atoms with Crippen LogP contribution in [0.25, 0.3) is 0 Å². The lowest BCUT2D eigenvalue weighted by atomic mass is 9.93. The van der Waals surface area contributed by atoms with E-state index in [1.54, 1.807) is 50.2 Å². The second-order valence-electron chi connectivity index (χ2n) is 6.15. The summed E-state index contributed by atoms with van der Waals surface area (Å²) in [6, 6.07) is 11.5. The van der Waals surface area contributed by atoms with Crippen molar-refractivity contribution in [3.8, 4) is 6.07 Å². The van der Waals surface area contributed by atoms with Gasteiger partial charge in [-0.25, -0.2) is 4.79 Å². The van der Waals surface area contributed by atoms with Crippen LogP contribution < -0.4 is 16.4 Å². The maximum atomic E-state index is 12.4. The van der Waals surface area contributed by atoms with Gasteiger partial charge in [0.05, 0.1) is 28.7 Å². The second-order valence-corrected chi connectivity index (χ2v) is 6.15. The highest BCUT2D eigenvalue weighted by Crippen LogP contribution is 2.39. The lowest BCUT2D eigenvalue weighted by Crippen LogP contribution is -2.35. The maximum absolute atomic E-state index is 12.4. The Morgan fingerprint density at radius 1 is 1.28 bits per heavy atom. The number of nitrogen functional groups attached to an aromatic ring is 1. The molecule has 4 N–H and O–H groups in total. The number of hydrogen-bond donors (Lipinski definition) is 3. The maximum Gasteiger partial charge on any atom is 0.412 e. The van der Waals surface area contributed by atoms with E-state index in [0.717, 1.165) is 0 Å². The number of amides is 2. The van der Waals surface area contributed by atoms with Crippen molar-refractivity contribution in [2.24, 2.45) is 0 Å². The monoisotopic (exact) mass is 336 g/mol. The summed E-state index contributed by atoms with van der Waals surface area (Å²) in [5.74, 6) is -0.352. The number of carbonyl (C=O) groups is 2. The highest BCUT2D eigenvalue weighted by Gasteiger charge is 2.34. The van der Waals surface area contributed by atoms with Crippen LogP contribution in [0.3, 0.4) is 0 Å². The fourth-order valence-corrected chi connectivity index (χ4v) is 2.64. The molecule has 25 heavy (non-hydrogen) atoms. The Bertz CT molecular complexity index is 911. The molecule has 0 saturated carbocycles. The molecule has 0 unspecified atom stereocenters. The normalized spacial score (nSPS) is 14.5. The van der Waals surface area contributed by atoms with Crippen molar-refractivity contribution in [1.82, 2.24) is 0 Å². The first-order valence-electron chi connectivity index (χ1n) is 7.55. The van der Waals surface area contributed by atoms with Gasteiger partial charge in [0.15, 0.2) is 0 Å². The Hall–Kier alpha value is -3.53. The van der Waals surface area contributed by atoms with E-state index in [-0.39, 0.29) is 5.91 Å². The van der Waals surface area contributed by atoms with E-state index in [9.17, 15) is 9.59 Å². The number of fused-ring (bicyclic) bond motifs is 1. The first-order chi connectivity index (χ1) is 11.8. The summed E-state index contributed by atoms with van der Waals surface area (Å²) >= 11 is 0. The SMILES string of the molecule is CC1(C)OC(=O)Nc2cc(N)c(NC(=O)c3ccc(C#N)cc3)cc21. The molecule has 3 rings (SSSR count).